The van der Waals surface area contributed by atoms with Crippen molar-refractivity contribution < 1.29 is 9.53 Å². The van der Waals surface area contributed by atoms with E-state index in [0.717, 1.165) is 11.3 Å². The minimum atomic E-state index is -0.473. The summed E-state index contributed by atoms with van der Waals surface area (Å²) < 4.78 is 5.51. The molecule has 0 aromatic heterocycles. The van der Waals surface area contributed by atoms with Gasteiger partial charge in [-0.2, -0.15) is 0 Å². The third kappa shape index (κ3) is 3.75. The van der Waals surface area contributed by atoms with Crippen LogP contribution in [0.5, 0.6) is 5.75 Å². The van der Waals surface area contributed by atoms with Gasteiger partial charge in [-0.1, -0.05) is 18.2 Å². The van der Waals surface area contributed by atoms with Crippen molar-refractivity contribution in [2.24, 2.45) is 5.73 Å². The molecule has 4 nitrogen and oxygen atoms in total. The number of carbonyl (C=O) groups is 1. The summed E-state index contributed by atoms with van der Waals surface area (Å²) in [7, 11) is 1.74. The molecule has 0 saturated carbocycles. The van der Waals surface area contributed by atoms with Crippen molar-refractivity contribution in [3.8, 4) is 5.75 Å². The van der Waals surface area contributed by atoms with E-state index >= 15 is 0 Å². The number of ether oxygens (including phenoxy) is 1. The number of likely N-dealkylation sites (N-methyl/N-ethyl adjacent to an activating group) is 1. The standard InChI is InChI=1S/C13H20N2O2/c1-4-17-12-8-6-5-7-11(12)9-15(3)13(16)10(2)14/h5-8,10H,4,9,14H2,1-3H3. The van der Waals surface area contributed by atoms with Crippen LogP contribution in [-0.4, -0.2) is 30.5 Å². The van der Waals surface area contributed by atoms with Crippen molar-refractivity contribution in [1.29, 1.82) is 0 Å². The highest BCUT2D eigenvalue weighted by atomic mass is 16.5. The topological polar surface area (TPSA) is 55.6 Å². The van der Waals surface area contributed by atoms with Crippen LogP contribution in [-0.2, 0) is 11.3 Å². The van der Waals surface area contributed by atoms with E-state index in [1.807, 2.05) is 31.2 Å². The van der Waals surface area contributed by atoms with Crippen molar-refractivity contribution in [3.63, 3.8) is 0 Å². The Balaban J connectivity index is 2.77. The molecule has 2 N–H and O–H groups in total. The van der Waals surface area contributed by atoms with Crippen LogP contribution in [0.25, 0.3) is 0 Å². The molecule has 0 bridgehead atoms. The monoisotopic (exact) mass is 236 g/mol. The molecule has 94 valence electrons. The Hall–Kier alpha value is -1.55. The number of hydrogen-bond acceptors (Lipinski definition) is 3. The van der Waals surface area contributed by atoms with Gasteiger partial charge in [0.15, 0.2) is 0 Å². The van der Waals surface area contributed by atoms with E-state index in [9.17, 15) is 4.79 Å². The van der Waals surface area contributed by atoms with Crippen molar-refractivity contribution in [1.82, 2.24) is 4.90 Å². The van der Waals surface area contributed by atoms with Crippen LogP contribution < -0.4 is 10.5 Å². The van der Waals surface area contributed by atoms with Gasteiger partial charge in [-0.05, 0) is 19.9 Å². The van der Waals surface area contributed by atoms with Gasteiger partial charge in [0.2, 0.25) is 5.91 Å². The summed E-state index contributed by atoms with van der Waals surface area (Å²) in [5, 5.41) is 0. The summed E-state index contributed by atoms with van der Waals surface area (Å²) in [6.07, 6.45) is 0. The third-order valence-electron chi connectivity index (χ3n) is 2.45. The Bertz CT molecular complexity index is 377. The lowest BCUT2D eigenvalue weighted by atomic mass is 10.2. The highest BCUT2D eigenvalue weighted by Crippen LogP contribution is 2.19. The largest absolute Gasteiger partial charge is 0.494 e. The summed E-state index contributed by atoms with van der Waals surface area (Å²) in [6.45, 7) is 4.75. The van der Waals surface area contributed by atoms with Crippen molar-refractivity contribution in [2.75, 3.05) is 13.7 Å². The van der Waals surface area contributed by atoms with Crippen LogP contribution in [0.4, 0.5) is 0 Å². The van der Waals surface area contributed by atoms with E-state index in [4.69, 9.17) is 10.5 Å². The van der Waals surface area contributed by atoms with Crippen LogP contribution in [0.15, 0.2) is 24.3 Å². The molecule has 0 fully saturated rings. The van der Waals surface area contributed by atoms with Gasteiger partial charge in [-0.15, -0.1) is 0 Å². The summed E-state index contributed by atoms with van der Waals surface area (Å²) in [6, 6.07) is 7.24. The minimum absolute atomic E-state index is 0.0729. The molecule has 0 aliphatic heterocycles. The molecule has 1 aromatic rings. The molecular weight excluding hydrogens is 216 g/mol. The third-order valence-corrected chi connectivity index (χ3v) is 2.45. The van der Waals surface area contributed by atoms with E-state index in [2.05, 4.69) is 0 Å². The maximum atomic E-state index is 11.7. The second kappa shape index (κ2) is 6.25. The number of amides is 1. The average molecular weight is 236 g/mol. The van der Waals surface area contributed by atoms with Crippen LogP contribution in [0.2, 0.25) is 0 Å². The molecule has 0 saturated heterocycles. The van der Waals surface area contributed by atoms with Gasteiger partial charge < -0.3 is 15.4 Å². The molecule has 0 heterocycles. The summed E-state index contributed by atoms with van der Waals surface area (Å²) in [4.78, 5) is 13.3. The zero-order chi connectivity index (χ0) is 12.8. The predicted octanol–water partition coefficient (Wildman–Crippen LogP) is 1.39. The van der Waals surface area contributed by atoms with Crippen LogP contribution in [0, 0.1) is 0 Å². The second-order valence-electron chi connectivity index (χ2n) is 4.02. The number of rotatable bonds is 5. The Kier molecular flexibility index (Phi) is 4.97. The molecule has 1 rings (SSSR count). The number of carbonyl (C=O) groups excluding carboxylic acids is 1. The fourth-order valence-corrected chi connectivity index (χ4v) is 1.61. The smallest absolute Gasteiger partial charge is 0.239 e. The zero-order valence-corrected chi connectivity index (χ0v) is 10.6. The second-order valence-corrected chi connectivity index (χ2v) is 4.02. The Morgan fingerprint density at radius 2 is 2.12 bits per heavy atom. The molecule has 1 aromatic carbocycles. The number of benzene rings is 1. The first kappa shape index (κ1) is 13.5. The maximum absolute atomic E-state index is 11.7. The zero-order valence-electron chi connectivity index (χ0n) is 10.6. The molecule has 0 radical (unpaired) electrons. The minimum Gasteiger partial charge on any atom is -0.494 e. The van der Waals surface area contributed by atoms with Crippen LogP contribution in [0.3, 0.4) is 0 Å². The van der Waals surface area contributed by atoms with Gasteiger partial charge in [-0.3, -0.25) is 4.79 Å². The molecule has 0 spiro atoms. The van der Waals surface area contributed by atoms with Crippen LogP contribution >= 0.6 is 0 Å². The lowest BCUT2D eigenvalue weighted by Gasteiger charge is -2.20. The van der Waals surface area contributed by atoms with Crippen LogP contribution in [0.1, 0.15) is 19.4 Å². The van der Waals surface area contributed by atoms with E-state index in [-0.39, 0.29) is 5.91 Å². The highest BCUT2D eigenvalue weighted by Gasteiger charge is 2.15. The van der Waals surface area contributed by atoms with E-state index in [1.54, 1.807) is 18.9 Å². The lowest BCUT2D eigenvalue weighted by Crippen LogP contribution is -2.39. The molecular formula is C13H20N2O2. The summed E-state index contributed by atoms with van der Waals surface area (Å²) >= 11 is 0. The fraction of sp³-hybridized carbons (Fsp3) is 0.462. The number of hydrogen-bond donors (Lipinski definition) is 1. The quantitative estimate of drug-likeness (QED) is 0.840. The lowest BCUT2D eigenvalue weighted by molar-refractivity contribution is -0.131. The van der Waals surface area contributed by atoms with E-state index < -0.39 is 6.04 Å². The number of para-hydroxylation sites is 1. The van der Waals surface area contributed by atoms with Gasteiger partial charge in [0.1, 0.15) is 5.75 Å². The molecule has 4 heteroatoms. The Morgan fingerprint density at radius 1 is 1.47 bits per heavy atom. The summed E-state index contributed by atoms with van der Waals surface area (Å²) in [5.41, 5.74) is 6.56. The molecule has 0 aliphatic carbocycles. The van der Waals surface area contributed by atoms with Crippen molar-refractivity contribution in [3.05, 3.63) is 29.8 Å². The van der Waals surface area contributed by atoms with Crippen molar-refractivity contribution in [2.45, 2.75) is 26.4 Å². The van der Waals surface area contributed by atoms with Gasteiger partial charge in [0.05, 0.1) is 12.6 Å². The molecule has 17 heavy (non-hydrogen) atoms. The number of nitrogens with zero attached hydrogens (tertiary/aromatic N) is 1. The maximum Gasteiger partial charge on any atom is 0.239 e. The molecule has 0 aliphatic rings. The first-order valence-corrected chi connectivity index (χ1v) is 5.77. The predicted molar refractivity (Wildman–Crippen MR) is 67.7 cm³/mol. The first-order valence-electron chi connectivity index (χ1n) is 5.77. The highest BCUT2D eigenvalue weighted by molar-refractivity contribution is 5.80. The average Bonchev–Trinajstić information content (AvgIpc) is 2.30. The normalized spacial score (nSPS) is 12.0. The molecule has 1 unspecified atom stereocenters. The van der Waals surface area contributed by atoms with Crippen molar-refractivity contribution >= 4 is 5.91 Å². The Labute approximate surface area is 102 Å². The van der Waals surface area contributed by atoms with E-state index in [1.165, 1.54) is 0 Å². The summed E-state index contributed by atoms with van der Waals surface area (Å²) in [5.74, 6) is 0.746. The van der Waals surface area contributed by atoms with Gasteiger partial charge >= 0.3 is 0 Å². The van der Waals surface area contributed by atoms with Gasteiger partial charge in [-0.25, -0.2) is 0 Å². The Morgan fingerprint density at radius 3 is 2.71 bits per heavy atom. The van der Waals surface area contributed by atoms with Gasteiger partial charge in [0, 0.05) is 19.2 Å². The SMILES string of the molecule is CCOc1ccccc1CN(C)C(=O)C(C)N. The number of nitrogens with two attached hydrogens (primary N) is 1. The van der Waals surface area contributed by atoms with Gasteiger partial charge in [0.25, 0.3) is 0 Å². The first-order chi connectivity index (χ1) is 8.06. The molecule has 1 amide bonds. The van der Waals surface area contributed by atoms with E-state index in [0.29, 0.717) is 13.2 Å². The molecule has 1 atom stereocenters. The fourth-order valence-electron chi connectivity index (χ4n) is 1.61.